The Morgan fingerprint density at radius 3 is 2.82 bits per heavy atom. The molecule has 0 radical (unpaired) electrons. The van der Waals surface area contributed by atoms with Gasteiger partial charge in [-0.1, -0.05) is 12.1 Å². The molecule has 0 spiro atoms. The van der Waals surface area contributed by atoms with E-state index in [1.165, 1.54) is 0 Å². The predicted molar refractivity (Wildman–Crippen MR) is 66.5 cm³/mol. The molecule has 0 aliphatic rings. The van der Waals surface area contributed by atoms with Gasteiger partial charge in [-0.2, -0.15) is 9.90 Å². The summed E-state index contributed by atoms with van der Waals surface area (Å²) in [5.74, 6) is 0. The van der Waals surface area contributed by atoms with Gasteiger partial charge in [-0.3, -0.25) is 9.88 Å². The first-order valence-corrected chi connectivity index (χ1v) is 5.47. The molecule has 0 aliphatic heterocycles. The highest BCUT2D eigenvalue weighted by Gasteiger charge is 2.07. The van der Waals surface area contributed by atoms with Crippen molar-refractivity contribution in [2.75, 3.05) is 14.1 Å². The van der Waals surface area contributed by atoms with Crippen LogP contribution in [-0.2, 0) is 6.67 Å². The summed E-state index contributed by atoms with van der Waals surface area (Å²) in [5.41, 5.74) is 2.66. The van der Waals surface area contributed by atoms with Crippen molar-refractivity contribution in [3.8, 4) is 0 Å². The van der Waals surface area contributed by atoms with Crippen molar-refractivity contribution in [1.29, 1.82) is 0 Å². The molecule has 0 atom stereocenters. The Morgan fingerprint density at radius 1 is 1.12 bits per heavy atom. The van der Waals surface area contributed by atoms with Gasteiger partial charge in [0.1, 0.15) is 17.7 Å². The minimum atomic E-state index is 0.670. The maximum Gasteiger partial charge on any atom is 0.139 e. The molecule has 5 nitrogen and oxygen atoms in total. The molecule has 0 N–H and O–H groups in total. The fourth-order valence-electron chi connectivity index (χ4n) is 1.88. The topological polar surface area (TPSA) is 46.8 Å². The molecule has 86 valence electrons. The Labute approximate surface area is 98.7 Å². The molecule has 0 saturated carbocycles. The van der Waals surface area contributed by atoms with Crippen LogP contribution in [0.25, 0.3) is 21.9 Å². The predicted octanol–water partition coefficient (Wildman–Crippen LogP) is 1.50. The number of hydrogen-bond donors (Lipinski definition) is 0. The average Bonchev–Trinajstić information content (AvgIpc) is 2.70. The van der Waals surface area contributed by atoms with E-state index >= 15 is 0 Å². The van der Waals surface area contributed by atoms with Crippen LogP contribution in [0, 0.1) is 0 Å². The van der Waals surface area contributed by atoms with Crippen molar-refractivity contribution in [1.82, 2.24) is 24.9 Å². The van der Waals surface area contributed by atoms with Crippen LogP contribution in [0.4, 0.5) is 0 Å². The van der Waals surface area contributed by atoms with Crippen molar-refractivity contribution in [3.05, 3.63) is 30.5 Å². The molecule has 3 aromatic rings. The second-order valence-corrected chi connectivity index (χ2v) is 4.30. The molecular formula is C12H13N5. The van der Waals surface area contributed by atoms with Crippen LogP contribution in [0.1, 0.15) is 0 Å². The molecule has 0 aliphatic carbocycles. The van der Waals surface area contributed by atoms with Crippen molar-refractivity contribution in [2.45, 2.75) is 6.67 Å². The summed E-state index contributed by atoms with van der Waals surface area (Å²) in [6, 6.07) is 7.98. The van der Waals surface area contributed by atoms with E-state index < -0.39 is 0 Å². The quantitative estimate of drug-likeness (QED) is 0.665. The number of nitrogens with zero attached hydrogens (tertiary/aromatic N) is 5. The summed E-state index contributed by atoms with van der Waals surface area (Å²) in [7, 11) is 3.98. The summed E-state index contributed by atoms with van der Waals surface area (Å²) in [4.78, 5) is 8.09. The normalized spacial score (nSPS) is 11.7. The average molecular weight is 227 g/mol. The number of benzene rings is 1. The molecule has 0 fully saturated rings. The summed E-state index contributed by atoms with van der Waals surface area (Å²) >= 11 is 0. The Kier molecular flexibility index (Phi) is 2.26. The first-order valence-electron chi connectivity index (χ1n) is 5.47. The van der Waals surface area contributed by atoms with E-state index in [2.05, 4.69) is 15.2 Å². The van der Waals surface area contributed by atoms with Gasteiger partial charge in [0.05, 0.1) is 5.52 Å². The Morgan fingerprint density at radius 2 is 2.00 bits per heavy atom. The monoisotopic (exact) mass is 227 g/mol. The zero-order chi connectivity index (χ0) is 11.8. The fraction of sp³-hybridized carbons (Fsp3) is 0.250. The number of pyridine rings is 1. The van der Waals surface area contributed by atoms with E-state index in [0.29, 0.717) is 6.67 Å². The molecule has 2 heterocycles. The molecule has 17 heavy (non-hydrogen) atoms. The lowest BCUT2D eigenvalue weighted by atomic mass is 10.2. The van der Waals surface area contributed by atoms with Gasteiger partial charge in [-0.05, 0) is 26.2 Å². The van der Waals surface area contributed by atoms with Crippen LogP contribution in [-0.4, -0.2) is 39.0 Å². The summed E-state index contributed by atoms with van der Waals surface area (Å²) in [5, 5.41) is 10.0. The maximum absolute atomic E-state index is 4.48. The van der Waals surface area contributed by atoms with Gasteiger partial charge in [0.2, 0.25) is 0 Å². The fourth-order valence-corrected chi connectivity index (χ4v) is 1.88. The molecule has 2 aromatic heterocycles. The summed E-state index contributed by atoms with van der Waals surface area (Å²) in [6.45, 7) is 0.670. The molecule has 3 rings (SSSR count). The standard InChI is InChI=1S/C12H13N5/c1-16(2)8-17-14-10-6-5-9-4-3-7-13-11(9)12(10)15-17/h3-7H,8H2,1-2H3. The van der Waals surface area contributed by atoms with Gasteiger partial charge in [-0.15, -0.1) is 5.10 Å². The number of aromatic nitrogens is 4. The van der Waals surface area contributed by atoms with Crippen molar-refractivity contribution < 1.29 is 0 Å². The molecule has 0 saturated heterocycles. The lowest BCUT2D eigenvalue weighted by Crippen LogP contribution is -2.18. The van der Waals surface area contributed by atoms with Crippen LogP contribution >= 0.6 is 0 Å². The summed E-state index contributed by atoms with van der Waals surface area (Å²) < 4.78 is 0. The highest BCUT2D eigenvalue weighted by atomic mass is 15.5. The SMILES string of the molecule is CN(C)Cn1nc2ccc3cccnc3c2n1. The number of rotatable bonds is 2. The third-order valence-electron chi connectivity index (χ3n) is 2.57. The molecule has 0 amide bonds. The van der Waals surface area contributed by atoms with E-state index in [0.717, 1.165) is 21.9 Å². The van der Waals surface area contributed by atoms with Crippen LogP contribution in [0.15, 0.2) is 30.5 Å². The van der Waals surface area contributed by atoms with E-state index in [-0.39, 0.29) is 0 Å². The second-order valence-electron chi connectivity index (χ2n) is 4.30. The molecular weight excluding hydrogens is 214 g/mol. The van der Waals surface area contributed by atoms with Crippen LogP contribution in [0.5, 0.6) is 0 Å². The van der Waals surface area contributed by atoms with Gasteiger partial charge in [-0.25, -0.2) is 0 Å². The third-order valence-corrected chi connectivity index (χ3v) is 2.57. The number of fused-ring (bicyclic) bond motifs is 3. The minimum absolute atomic E-state index is 0.670. The van der Waals surface area contributed by atoms with Gasteiger partial charge in [0.25, 0.3) is 0 Å². The Bertz CT molecular complexity index is 671. The largest absolute Gasteiger partial charge is 0.289 e. The molecule has 0 bridgehead atoms. The van der Waals surface area contributed by atoms with Gasteiger partial charge < -0.3 is 0 Å². The van der Waals surface area contributed by atoms with Crippen molar-refractivity contribution in [2.24, 2.45) is 0 Å². The molecule has 1 aromatic carbocycles. The zero-order valence-corrected chi connectivity index (χ0v) is 9.83. The van der Waals surface area contributed by atoms with E-state index in [1.807, 2.05) is 43.3 Å². The van der Waals surface area contributed by atoms with Crippen LogP contribution in [0.3, 0.4) is 0 Å². The Balaban J connectivity index is 2.24. The van der Waals surface area contributed by atoms with E-state index in [9.17, 15) is 0 Å². The minimum Gasteiger partial charge on any atom is -0.289 e. The van der Waals surface area contributed by atoms with E-state index in [1.54, 1.807) is 11.0 Å². The first kappa shape index (κ1) is 10.2. The highest BCUT2D eigenvalue weighted by molar-refractivity contribution is 6.00. The number of hydrogen-bond acceptors (Lipinski definition) is 4. The maximum atomic E-state index is 4.48. The van der Waals surface area contributed by atoms with Crippen LogP contribution < -0.4 is 0 Å². The van der Waals surface area contributed by atoms with E-state index in [4.69, 9.17) is 0 Å². The zero-order valence-electron chi connectivity index (χ0n) is 9.83. The molecule has 0 unspecified atom stereocenters. The highest BCUT2D eigenvalue weighted by Crippen LogP contribution is 2.19. The second kappa shape index (κ2) is 3.78. The summed E-state index contributed by atoms with van der Waals surface area (Å²) in [6.07, 6.45) is 1.78. The lowest BCUT2D eigenvalue weighted by Gasteiger charge is -2.06. The van der Waals surface area contributed by atoms with Crippen LogP contribution in [0.2, 0.25) is 0 Å². The van der Waals surface area contributed by atoms with Crippen molar-refractivity contribution in [3.63, 3.8) is 0 Å². The lowest BCUT2D eigenvalue weighted by molar-refractivity contribution is 0.286. The molecule has 5 heteroatoms. The van der Waals surface area contributed by atoms with Gasteiger partial charge in [0, 0.05) is 11.6 Å². The van der Waals surface area contributed by atoms with Gasteiger partial charge in [0.15, 0.2) is 0 Å². The third kappa shape index (κ3) is 1.74. The smallest absolute Gasteiger partial charge is 0.139 e. The van der Waals surface area contributed by atoms with Gasteiger partial charge >= 0.3 is 0 Å². The Hall–Kier alpha value is -2.01. The van der Waals surface area contributed by atoms with Crippen molar-refractivity contribution >= 4 is 21.9 Å². The first-order chi connectivity index (χ1) is 8.24.